The van der Waals surface area contributed by atoms with E-state index in [9.17, 15) is 14.9 Å². The Morgan fingerprint density at radius 2 is 2.12 bits per heavy atom. The van der Waals surface area contributed by atoms with E-state index >= 15 is 0 Å². The summed E-state index contributed by atoms with van der Waals surface area (Å²) in [6.45, 7) is 4.60. The van der Waals surface area contributed by atoms with Crippen LogP contribution < -0.4 is 10.1 Å². The number of carbonyl (C=O) groups is 1. The maximum absolute atomic E-state index is 11.9. The molecular weight excluding hydrogens is 336 g/mol. The van der Waals surface area contributed by atoms with Gasteiger partial charge in [0.05, 0.1) is 9.95 Å². The van der Waals surface area contributed by atoms with Crippen molar-refractivity contribution in [3.8, 4) is 5.75 Å². The topological polar surface area (TPSA) is 94.6 Å². The van der Waals surface area contributed by atoms with Crippen LogP contribution >= 0.6 is 11.6 Å². The first-order valence-corrected chi connectivity index (χ1v) is 7.68. The molecule has 2 rings (SSSR count). The number of nitro groups is 1. The van der Waals surface area contributed by atoms with Crippen molar-refractivity contribution in [2.24, 2.45) is 5.92 Å². The van der Waals surface area contributed by atoms with E-state index < -0.39 is 4.92 Å². The van der Waals surface area contributed by atoms with Gasteiger partial charge in [-0.25, -0.2) is 0 Å². The molecule has 0 fully saturated rings. The maximum Gasteiger partial charge on any atom is 0.287 e. The molecule has 0 radical (unpaired) electrons. The van der Waals surface area contributed by atoms with Gasteiger partial charge in [-0.1, -0.05) is 25.4 Å². The fraction of sp³-hybridized carbons (Fsp3) is 0.312. The van der Waals surface area contributed by atoms with Gasteiger partial charge in [0.25, 0.3) is 11.6 Å². The van der Waals surface area contributed by atoms with Crippen LogP contribution in [0.2, 0.25) is 5.02 Å². The third-order valence-electron chi connectivity index (χ3n) is 3.05. The zero-order chi connectivity index (χ0) is 17.7. The fourth-order valence-electron chi connectivity index (χ4n) is 1.83. The molecule has 0 spiro atoms. The number of benzene rings is 1. The highest BCUT2D eigenvalue weighted by Crippen LogP contribution is 2.29. The molecular formula is C16H17ClN2O5. The first-order chi connectivity index (χ1) is 11.4. The number of halogens is 1. The summed E-state index contributed by atoms with van der Waals surface area (Å²) in [6.07, 6.45) is 0. The number of hydrogen-bond acceptors (Lipinski definition) is 5. The smallest absolute Gasteiger partial charge is 0.287 e. The Labute approximate surface area is 143 Å². The molecule has 2 aromatic rings. The van der Waals surface area contributed by atoms with Gasteiger partial charge in [0.1, 0.15) is 18.1 Å². The number of furan rings is 1. The quantitative estimate of drug-likeness (QED) is 0.604. The normalized spacial score (nSPS) is 10.7. The molecule has 24 heavy (non-hydrogen) atoms. The van der Waals surface area contributed by atoms with E-state index in [1.807, 2.05) is 13.8 Å². The zero-order valence-electron chi connectivity index (χ0n) is 13.2. The largest absolute Gasteiger partial charge is 0.484 e. The molecule has 0 aliphatic carbocycles. The van der Waals surface area contributed by atoms with E-state index in [0.29, 0.717) is 24.0 Å². The average Bonchev–Trinajstić information content (AvgIpc) is 3.00. The second-order valence-electron chi connectivity index (χ2n) is 5.53. The van der Waals surface area contributed by atoms with Gasteiger partial charge in [-0.2, -0.15) is 0 Å². The van der Waals surface area contributed by atoms with Gasteiger partial charge >= 0.3 is 0 Å². The van der Waals surface area contributed by atoms with Gasteiger partial charge in [-0.05, 0) is 24.1 Å². The van der Waals surface area contributed by atoms with Gasteiger partial charge in [-0.15, -0.1) is 0 Å². The summed E-state index contributed by atoms with van der Waals surface area (Å²) in [7, 11) is 0. The molecule has 1 aromatic carbocycles. The van der Waals surface area contributed by atoms with Crippen LogP contribution in [0.25, 0.3) is 0 Å². The molecule has 1 amide bonds. The van der Waals surface area contributed by atoms with Crippen molar-refractivity contribution in [3.05, 3.63) is 57.0 Å². The Hall–Kier alpha value is -2.54. The summed E-state index contributed by atoms with van der Waals surface area (Å²) < 4.78 is 10.9. The van der Waals surface area contributed by atoms with Crippen LogP contribution in [0.1, 0.15) is 30.2 Å². The molecule has 7 nitrogen and oxygen atoms in total. The van der Waals surface area contributed by atoms with Gasteiger partial charge in [0, 0.05) is 18.7 Å². The molecule has 0 bridgehead atoms. The first kappa shape index (κ1) is 17.8. The fourth-order valence-corrected chi connectivity index (χ4v) is 2.06. The Kier molecular flexibility index (Phi) is 5.81. The summed E-state index contributed by atoms with van der Waals surface area (Å²) in [4.78, 5) is 22.0. The van der Waals surface area contributed by atoms with Crippen molar-refractivity contribution in [1.29, 1.82) is 0 Å². The van der Waals surface area contributed by atoms with Crippen molar-refractivity contribution in [3.63, 3.8) is 0 Å². The minimum Gasteiger partial charge on any atom is -0.484 e. The summed E-state index contributed by atoms with van der Waals surface area (Å²) in [5, 5.41) is 13.5. The van der Waals surface area contributed by atoms with E-state index in [4.69, 9.17) is 20.8 Å². The number of nitrogens with zero attached hydrogens (tertiary/aromatic N) is 1. The molecule has 0 aliphatic heterocycles. The van der Waals surface area contributed by atoms with Crippen LogP contribution in [0.4, 0.5) is 5.69 Å². The maximum atomic E-state index is 11.9. The molecule has 0 atom stereocenters. The standard InChI is InChI=1S/C16H17ClN2O5/c1-10(2)8-18-16(20)15-6-4-12(24-15)9-23-14-5-3-11(19(21)22)7-13(14)17/h3-7,10H,8-9H2,1-2H3,(H,18,20). The van der Waals surface area contributed by atoms with Crippen LogP contribution in [-0.2, 0) is 6.61 Å². The lowest BCUT2D eigenvalue weighted by molar-refractivity contribution is -0.384. The molecule has 0 unspecified atom stereocenters. The van der Waals surface area contributed by atoms with E-state index in [-0.39, 0.29) is 29.0 Å². The van der Waals surface area contributed by atoms with E-state index in [2.05, 4.69) is 5.32 Å². The lowest BCUT2D eigenvalue weighted by Gasteiger charge is -2.07. The summed E-state index contributed by atoms with van der Waals surface area (Å²) in [5.41, 5.74) is -0.116. The van der Waals surface area contributed by atoms with Gasteiger partial charge in [0.15, 0.2) is 5.76 Å². The van der Waals surface area contributed by atoms with Crippen molar-refractivity contribution < 1.29 is 18.9 Å². The average molecular weight is 353 g/mol. The minimum absolute atomic E-state index is 0.0506. The number of nitro benzene ring substituents is 1. The first-order valence-electron chi connectivity index (χ1n) is 7.30. The Morgan fingerprint density at radius 1 is 1.38 bits per heavy atom. The van der Waals surface area contributed by atoms with Gasteiger partial charge in [-0.3, -0.25) is 14.9 Å². The van der Waals surface area contributed by atoms with Crippen molar-refractivity contribution >= 4 is 23.2 Å². The highest BCUT2D eigenvalue weighted by molar-refractivity contribution is 6.32. The summed E-state index contributed by atoms with van der Waals surface area (Å²) >= 11 is 5.94. The summed E-state index contributed by atoms with van der Waals surface area (Å²) in [5.74, 6) is 0.993. The highest BCUT2D eigenvalue weighted by atomic mass is 35.5. The lowest BCUT2D eigenvalue weighted by Crippen LogP contribution is -2.26. The molecule has 0 aliphatic rings. The van der Waals surface area contributed by atoms with E-state index in [1.54, 1.807) is 12.1 Å². The molecule has 8 heteroatoms. The predicted octanol–water partition coefficient (Wildman–Crippen LogP) is 3.81. The van der Waals surface area contributed by atoms with Gasteiger partial charge in [0.2, 0.25) is 0 Å². The van der Waals surface area contributed by atoms with Crippen LogP contribution in [-0.4, -0.2) is 17.4 Å². The summed E-state index contributed by atoms with van der Waals surface area (Å²) in [6, 6.07) is 7.12. The third kappa shape index (κ3) is 4.73. The van der Waals surface area contributed by atoms with Crippen LogP contribution in [0, 0.1) is 16.0 Å². The molecule has 1 aromatic heterocycles. The number of ether oxygens (including phenoxy) is 1. The second-order valence-corrected chi connectivity index (χ2v) is 5.94. The van der Waals surface area contributed by atoms with Crippen molar-refractivity contribution in [1.82, 2.24) is 5.32 Å². The van der Waals surface area contributed by atoms with Crippen LogP contribution in [0.3, 0.4) is 0 Å². The van der Waals surface area contributed by atoms with Gasteiger partial charge < -0.3 is 14.5 Å². The molecule has 0 saturated heterocycles. The molecule has 0 saturated carbocycles. The molecule has 1 N–H and O–H groups in total. The van der Waals surface area contributed by atoms with Crippen molar-refractivity contribution in [2.75, 3.05) is 6.54 Å². The third-order valence-corrected chi connectivity index (χ3v) is 3.35. The number of nitrogens with one attached hydrogen (secondary N) is 1. The zero-order valence-corrected chi connectivity index (χ0v) is 14.0. The Balaban J connectivity index is 1.96. The predicted molar refractivity (Wildman–Crippen MR) is 88.3 cm³/mol. The highest BCUT2D eigenvalue weighted by Gasteiger charge is 2.13. The molecule has 1 heterocycles. The lowest BCUT2D eigenvalue weighted by atomic mass is 10.2. The van der Waals surface area contributed by atoms with E-state index in [0.717, 1.165) is 0 Å². The Bertz CT molecular complexity index is 742. The number of non-ortho nitro benzene ring substituents is 1. The number of carbonyl (C=O) groups excluding carboxylic acids is 1. The van der Waals surface area contributed by atoms with Crippen LogP contribution in [0.15, 0.2) is 34.7 Å². The SMILES string of the molecule is CC(C)CNC(=O)c1ccc(COc2ccc([N+](=O)[O-])cc2Cl)o1. The van der Waals surface area contributed by atoms with E-state index in [1.165, 1.54) is 18.2 Å². The minimum atomic E-state index is -0.537. The van der Waals surface area contributed by atoms with Crippen molar-refractivity contribution in [2.45, 2.75) is 20.5 Å². The number of amides is 1. The van der Waals surface area contributed by atoms with Crippen LogP contribution in [0.5, 0.6) is 5.75 Å². The number of hydrogen-bond donors (Lipinski definition) is 1. The number of rotatable bonds is 7. The molecule has 128 valence electrons. The monoisotopic (exact) mass is 352 g/mol. The second kappa shape index (κ2) is 7.83. The Morgan fingerprint density at radius 3 is 2.75 bits per heavy atom.